The fourth-order valence-electron chi connectivity index (χ4n) is 2.85. The number of hydrogen-bond acceptors (Lipinski definition) is 3. The zero-order chi connectivity index (χ0) is 17.0. The van der Waals surface area contributed by atoms with E-state index in [-0.39, 0.29) is 23.8 Å². The molecule has 1 fully saturated rings. The highest BCUT2D eigenvalue weighted by Crippen LogP contribution is 2.14. The Morgan fingerprint density at radius 3 is 2.48 bits per heavy atom. The van der Waals surface area contributed by atoms with Crippen molar-refractivity contribution in [3.63, 3.8) is 0 Å². The van der Waals surface area contributed by atoms with E-state index in [0.717, 1.165) is 24.9 Å². The Balaban J connectivity index is 2.07. The number of nitrogens with one attached hydrogen (secondary N) is 1. The quantitative estimate of drug-likeness (QED) is 0.887. The summed E-state index contributed by atoms with van der Waals surface area (Å²) in [5.41, 5.74) is 7.64. The van der Waals surface area contributed by atoms with Crippen LogP contribution in [0.25, 0.3) is 0 Å². The van der Waals surface area contributed by atoms with Crippen molar-refractivity contribution >= 4 is 11.8 Å². The number of rotatable bonds is 4. The highest BCUT2D eigenvalue weighted by atomic mass is 16.2. The van der Waals surface area contributed by atoms with Crippen molar-refractivity contribution in [1.82, 2.24) is 10.2 Å². The molecule has 0 aromatic heterocycles. The van der Waals surface area contributed by atoms with Gasteiger partial charge in [-0.25, -0.2) is 0 Å². The molecule has 126 valence electrons. The second-order valence-corrected chi connectivity index (χ2v) is 6.75. The molecule has 2 rings (SSSR count). The van der Waals surface area contributed by atoms with Gasteiger partial charge in [-0.2, -0.15) is 0 Å². The number of hydrogen-bond donors (Lipinski definition) is 2. The Morgan fingerprint density at radius 1 is 1.26 bits per heavy atom. The van der Waals surface area contributed by atoms with Crippen LogP contribution in [0.3, 0.4) is 0 Å². The molecule has 1 aromatic carbocycles. The van der Waals surface area contributed by atoms with Crippen molar-refractivity contribution in [3.8, 4) is 0 Å². The molecule has 2 atom stereocenters. The molecule has 0 aliphatic carbocycles. The largest absolute Gasteiger partial charge is 0.340 e. The molecule has 1 aliphatic heterocycles. The summed E-state index contributed by atoms with van der Waals surface area (Å²) in [4.78, 5) is 27.0. The predicted molar refractivity (Wildman–Crippen MR) is 91.1 cm³/mol. The van der Waals surface area contributed by atoms with Crippen LogP contribution in [0, 0.1) is 12.8 Å². The number of piperidine rings is 1. The molecule has 5 nitrogen and oxygen atoms in total. The lowest BCUT2D eigenvalue weighted by molar-refractivity contribution is -0.135. The van der Waals surface area contributed by atoms with E-state index < -0.39 is 6.04 Å². The van der Waals surface area contributed by atoms with Crippen LogP contribution in [-0.2, 0) is 4.79 Å². The molecule has 2 unspecified atom stereocenters. The highest BCUT2D eigenvalue weighted by Gasteiger charge is 2.31. The van der Waals surface area contributed by atoms with Crippen LogP contribution in [-0.4, -0.2) is 41.9 Å². The van der Waals surface area contributed by atoms with E-state index in [1.54, 1.807) is 17.0 Å². The van der Waals surface area contributed by atoms with Crippen LogP contribution in [0.5, 0.6) is 0 Å². The van der Waals surface area contributed by atoms with Gasteiger partial charge >= 0.3 is 0 Å². The minimum absolute atomic E-state index is 0.0232. The molecule has 0 bridgehead atoms. The van der Waals surface area contributed by atoms with Crippen LogP contribution < -0.4 is 11.1 Å². The average Bonchev–Trinajstić information content (AvgIpc) is 2.52. The minimum Gasteiger partial charge on any atom is -0.340 e. The lowest BCUT2D eigenvalue weighted by atomic mass is 9.99. The van der Waals surface area contributed by atoms with Gasteiger partial charge in [0.05, 0.1) is 0 Å². The molecule has 2 amide bonds. The van der Waals surface area contributed by atoms with Gasteiger partial charge in [0, 0.05) is 24.7 Å². The maximum absolute atomic E-state index is 12.8. The second kappa shape index (κ2) is 7.59. The molecule has 0 spiro atoms. The maximum atomic E-state index is 12.8. The Morgan fingerprint density at radius 2 is 1.91 bits per heavy atom. The number of benzene rings is 1. The van der Waals surface area contributed by atoms with Gasteiger partial charge in [0.25, 0.3) is 5.91 Å². The first-order chi connectivity index (χ1) is 10.9. The van der Waals surface area contributed by atoms with Gasteiger partial charge in [-0.1, -0.05) is 31.5 Å². The molecule has 1 saturated heterocycles. The molecule has 23 heavy (non-hydrogen) atoms. The predicted octanol–water partition coefficient (Wildman–Crippen LogP) is 1.70. The van der Waals surface area contributed by atoms with Gasteiger partial charge in [-0.3, -0.25) is 9.59 Å². The van der Waals surface area contributed by atoms with Gasteiger partial charge in [-0.15, -0.1) is 0 Å². The minimum atomic E-state index is -0.519. The number of aryl methyl sites for hydroxylation is 1. The lowest BCUT2D eigenvalue weighted by Crippen LogP contribution is -2.55. The second-order valence-electron chi connectivity index (χ2n) is 6.75. The van der Waals surface area contributed by atoms with E-state index in [2.05, 4.69) is 5.32 Å². The standard InChI is InChI=1S/C18H27N3O2/c1-12(2)16(18(23)21-10-4-5-15(19)11-21)20-17(22)14-8-6-13(3)7-9-14/h6-9,12,15-16H,4-5,10-11,19H2,1-3H3,(H,20,22). The summed E-state index contributed by atoms with van der Waals surface area (Å²) in [5.74, 6) is -0.219. The Bertz CT molecular complexity index is 554. The third-order valence-electron chi connectivity index (χ3n) is 4.30. The monoisotopic (exact) mass is 317 g/mol. The van der Waals surface area contributed by atoms with Crippen molar-refractivity contribution < 1.29 is 9.59 Å². The first-order valence-electron chi connectivity index (χ1n) is 8.30. The van der Waals surface area contributed by atoms with E-state index in [9.17, 15) is 9.59 Å². The summed E-state index contributed by atoms with van der Waals surface area (Å²) in [6.45, 7) is 7.16. The fourth-order valence-corrected chi connectivity index (χ4v) is 2.85. The molecule has 5 heteroatoms. The molecule has 3 N–H and O–H groups in total. The highest BCUT2D eigenvalue weighted by molar-refractivity contribution is 5.97. The van der Waals surface area contributed by atoms with Crippen LogP contribution in [0.2, 0.25) is 0 Å². The summed E-state index contributed by atoms with van der Waals surface area (Å²) in [6, 6.07) is 6.87. The maximum Gasteiger partial charge on any atom is 0.251 e. The van der Waals surface area contributed by atoms with Crippen molar-refractivity contribution in [2.75, 3.05) is 13.1 Å². The summed E-state index contributed by atoms with van der Waals surface area (Å²) < 4.78 is 0. The van der Waals surface area contributed by atoms with E-state index >= 15 is 0 Å². The van der Waals surface area contributed by atoms with E-state index in [4.69, 9.17) is 5.73 Å². The normalized spacial score (nSPS) is 19.5. The van der Waals surface area contributed by atoms with Crippen molar-refractivity contribution in [2.24, 2.45) is 11.7 Å². The summed E-state index contributed by atoms with van der Waals surface area (Å²) in [7, 11) is 0. The van der Waals surface area contributed by atoms with E-state index in [1.807, 2.05) is 32.9 Å². The van der Waals surface area contributed by atoms with Gasteiger partial charge in [0.1, 0.15) is 6.04 Å². The molecule has 1 aliphatic rings. The molecule has 1 heterocycles. The Hall–Kier alpha value is -1.88. The van der Waals surface area contributed by atoms with Crippen molar-refractivity contribution in [2.45, 2.75) is 45.7 Å². The molecular weight excluding hydrogens is 290 g/mol. The van der Waals surface area contributed by atoms with Crippen molar-refractivity contribution in [3.05, 3.63) is 35.4 Å². The topological polar surface area (TPSA) is 75.4 Å². The number of carbonyl (C=O) groups excluding carboxylic acids is 2. The average molecular weight is 317 g/mol. The third-order valence-corrected chi connectivity index (χ3v) is 4.30. The summed E-state index contributed by atoms with van der Waals surface area (Å²) in [5, 5.41) is 2.89. The van der Waals surface area contributed by atoms with E-state index in [0.29, 0.717) is 12.1 Å². The number of nitrogens with zero attached hydrogens (tertiary/aromatic N) is 1. The molecule has 0 saturated carbocycles. The molecule has 1 aromatic rings. The van der Waals surface area contributed by atoms with Crippen LogP contribution in [0.1, 0.15) is 42.6 Å². The van der Waals surface area contributed by atoms with Crippen LogP contribution >= 0.6 is 0 Å². The van der Waals surface area contributed by atoms with Crippen molar-refractivity contribution in [1.29, 1.82) is 0 Å². The van der Waals surface area contributed by atoms with E-state index in [1.165, 1.54) is 0 Å². The molecule has 0 radical (unpaired) electrons. The summed E-state index contributed by atoms with van der Waals surface area (Å²) >= 11 is 0. The number of likely N-dealkylation sites (tertiary alicyclic amines) is 1. The zero-order valence-electron chi connectivity index (χ0n) is 14.2. The third kappa shape index (κ3) is 4.55. The Labute approximate surface area is 138 Å². The van der Waals surface area contributed by atoms with Crippen LogP contribution in [0.4, 0.5) is 0 Å². The number of nitrogens with two attached hydrogens (primary N) is 1. The molecular formula is C18H27N3O2. The number of carbonyl (C=O) groups is 2. The lowest BCUT2D eigenvalue weighted by Gasteiger charge is -2.34. The Kier molecular flexibility index (Phi) is 5.77. The van der Waals surface area contributed by atoms with Gasteiger partial charge < -0.3 is 16.0 Å². The number of amides is 2. The first kappa shape index (κ1) is 17.5. The SMILES string of the molecule is Cc1ccc(C(=O)NC(C(=O)N2CCCC(N)C2)C(C)C)cc1. The first-order valence-corrected chi connectivity index (χ1v) is 8.30. The van der Waals surface area contributed by atoms with Crippen LogP contribution in [0.15, 0.2) is 24.3 Å². The van der Waals surface area contributed by atoms with Gasteiger partial charge in [0.2, 0.25) is 5.91 Å². The zero-order valence-corrected chi connectivity index (χ0v) is 14.2. The van der Waals surface area contributed by atoms with Gasteiger partial charge in [-0.05, 0) is 37.8 Å². The fraction of sp³-hybridized carbons (Fsp3) is 0.556. The summed E-state index contributed by atoms with van der Waals surface area (Å²) in [6.07, 6.45) is 1.87. The smallest absolute Gasteiger partial charge is 0.251 e. The van der Waals surface area contributed by atoms with Gasteiger partial charge in [0.15, 0.2) is 0 Å².